The molecule has 0 spiro atoms. The highest BCUT2D eigenvalue weighted by molar-refractivity contribution is 6.35. The van der Waals surface area contributed by atoms with Crippen molar-refractivity contribution in [2.75, 3.05) is 13.7 Å². The largest absolute Gasteiger partial charge is 0.377 e. The number of carbonyl (C=O) groups is 1. The first kappa shape index (κ1) is 18.5. The predicted octanol–water partition coefficient (Wildman–Crippen LogP) is 3.25. The molecular weight excluding hydrogens is 355 g/mol. The molecule has 2 aromatic rings. The smallest absolute Gasteiger partial charge is 0.318 e. The highest BCUT2D eigenvalue weighted by Crippen LogP contribution is 2.20. The highest BCUT2D eigenvalue weighted by Gasteiger charge is 2.16. The van der Waals surface area contributed by atoms with E-state index in [9.17, 15) is 4.79 Å². The third-order valence-corrected chi connectivity index (χ3v) is 3.81. The number of urea groups is 1. The Balaban J connectivity index is 1.92. The number of halogens is 2. The fourth-order valence-corrected chi connectivity index (χ4v) is 2.46. The quantitative estimate of drug-likeness (QED) is 0.806. The number of methoxy groups -OCH3 is 1. The van der Waals surface area contributed by atoms with Gasteiger partial charge in [0.1, 0.15) is 13.2 Å². The average Bonchev–Trinajstić information content (AvgIpc) is 2.99. The minimum absolute atomic E-state index is 0.216. The first-order chi connectivity index (χ1) is 11.5. The maximum atomic E-state index is 12.3. The molecule has 2 amide bonds. The summed E-state index contributed by atoms with van der Waals surface area (Å²) in [5.41, 5.74) is 0.783. The van der Waals surface area contributed by atoms with Crippen molar-refractivity contribution in [1.82, 2.24) is 20.4 Å². The third kappa shape index (κ3) is 5.09. The van der Waals surface area contributed by atoms with E-state index in [1.165, 1.54) is 0 Å². The Kier molecular flexibility index (Phi) is 6.84. The van der Waals surface area contributed by atoms with Crippen LogP contribution in [-0.2, 0) is 24.4 Å². The number of rotatable bonds is 7. The molecule has 0 fully saturated rings. The van der Waals surface area contributed by atoms with Gasteiger partial charge in [-0.25, -0.2) is 4.79 Å². The van der Waals surface area contributed by atoms with Crippen molar-refractivity contribution < 1.29 is 14.1 Å². The molecule has 0 saturated carbocycles. The molecular formula is C15H18Cl2N4O3. The van der Waals surface area contributed by atoms with Gasteiger partial charge in [0, 0.05) is 30.2 Å². The number of hydrogen-bond donors (Lipinski definition) is 1. The molecule has 0 radical (unpaired) electrons. The molecule has 1 heterocycles. The highest BCUT2D eigenvalue weighted by atomic mass is 35.5. The molecule has 1 aromatic carbocycles. The van der Waals surface area contributed by atoms with Crippen LogP contribution in [0.2, 0.25) is 10.0 Å². The Bertz CT molecular complexity index is 693. The molecule has 1 N–H and O–H groups in total. The van der Waals surface area contributed by atoms with E-state index in [1.54, 1.807) is 30.2 Å². The molecule has 0 aliphatic heterocycles. The zero-order valence-corrected chi connectivity index (χ0v) is 14.9. The fraction of sp³-hybridized carbons (Fsp3) is 0.400. The van der Waals surface area contributed by atoms with Crippen molar-refractivity contribution in [3.05, 3.63) is 45.5 Å². The van der Waals surface area contributed by atoms with Crippen LogP contribution in [0.1, 0.15) is 24.2 Å². The number of benzene rings is 1. The molecule has 0 bridgehead atoms. The summed E-state index contributed by atoms with van der Waals surface area (Å²) < 4.78 is 10.0. The molecule has 24 heavy (non-hydrogen) atoms. The minimum Gasteiger partial charge on any atom is -0.377 e. The lowest BCUT2D eigenvalue weighted by atomic mass is 10.2. The number of aromatic nitrogens is 2. The number of amides is 2. The van der Waals surface area contributed by atoms with Gasteiger partial charge in [0.05, 0.1) is 0 Å². The summed E-state index contributed by atoms with van der Waals surface area (Å²) >= 11 is 11.9. The van der Waals surface area contributed by atoms with Crippen molar-refractivity contribution >= 4 is 29.2 Å². The number of hydrogen-bond acceptors (Lipinski definition) is 5. The molecule has 0 unspecified atom stereocenters. The molecule has 9 heteroatoms. The van der Waals surface area contributed by atoms with Gasteiger partial charge in [0.15, 0.2) is 5.82 Å². The zero-order chi connectivity index (χ0) is 17.5. The van der Waals surface area contributed by atoms with Crippen LogP contribution in [-0.4, -0.2) is 34.7 Å². The van der Waals surface area contributed by atoms with Gasteiger partial charge >= 0.3 is 6.03 Å². The van der Waals surface area contributed by atoms with E-state index in [4.69, 9.17) is 32.5 Å². The van der Waals surface area contributed by atoms with Crippen LogP contribution in [0.4, 0.5) is 4.79 Å². The molecule has 0 aliphatic rings. The van der Waals surface area contributed by atoms with E-state index < -0.39 is 0 Å². The summed E-state index contributed by atoms with van der Waals surface area (Å²) in [4.78, 5) is 18.0. The van der Waals surface area contributed by atoms with E-state index in [2.05, 4.69) is 15.5 Å². The van der Waals surface area contributed by atoms with Gasteiger partial charge in [0.2, 0.25) is 5.89 Å². The second kappa shape index (κ2) is 8.86. The van der Waals surface area contributed by atoms with Crippen LogP contribution in [0.5, 0.6) is 0 Å². The van der Waals surface area contributed by atoms with Crippen LogP contribution < -0.4 is 5.32 Å². The number of carbonyl (C=O) groups excluding carboxylic acids is 1. The number of ether oxygens (including phenoxy) is 1. The van der Waals surface area contributed by atoms with Crippen LogP contribution in [0, 0.1) is 0 Å². The van der Waals surface area contributed by atoms with Crippen molar-refractivity contribution in [3.63, 3.8) is 0 Å². The lowest BCUT2D eigenvalue weighted by Crippen LogP contribution is -2.39. The molecule has 7 nitrogen and oxygen atoms in total. The summed E-state index contributed by atoms with van der Waals surface area (Å²) in [5, 5.41) is 7.63. The van der Waals surface area contributed by atoms with Crippen molar-refractivity contribution in [1.29, 1.82) is 0 Å². The van der Waals surface area contributed by atoms with Gasteiger partial charge in [-0.1, -0.05) is 34.4 Å². The SMILES string of the molecule is CCN(Cc1nc(COC)no1)C(=O)NCc1ccc(Cl)cc1Cl. The lowest BCUT2D eigenvalue weighted by molar-refractivity contribution is 0.174. The maximum Gasteiger partial charge on any atom is 0.318 e. The Hall–Kier alpha value is -1.83. The first-order valence-corrected chi connectivity index (χ1v) is 8.06. The van der Waals surface area contributed by atoms with Gasteiger partial charge in [-0.2, -0.15) is 4.98 Å². The van der Waals surface area contributed by atoms with E-state index in [0.29, 0.717) is 34.8 Å². The van der Waals surface area contributed by atoms with Gasteiger partial charge in [-0.3, -0.25) is 0 Å². The number of nitrogens with one attached hydrogen (secondary N) is 1. The van der Waals surface area contributed by atoms with Crippen LogP contribution in [0.25, 0.3) is 0 Å². The Labute approximate surface area is 149 Å². The normalized spacial score (nSPS) is 10.7. The van der Waals surface area contributed by atoms with Gasteiger partial charge in [0.25, 0.3) is 0 Å². The summed E-state index contributed by atoms with van der Waals surface area (Å²) in [6, 6.07) is 4.88. The van der Waals surface area contributed by atoms with Gasteiger partial charge < -0.3 is 19.5 Å². The standard InChI is InChI=1S/C15H18Cl2N4O3/c1-3-21(8-14-19-13(9-23-2)20-24-14)15(22)18-7-10-4-5-11(16)6-12(10)17/h4-6H,3,7-9H2,1-2H3,(H,18,22). The summed E-state index contributed by atoms with van der Waals surface area (Å²) in [7, 11) is 1.55. The second-order valence-electron chi connectivity index (χ2n) is 4.95. The average molecular weight is 373 g/mol. The molecule has 2 rings (SSSR count). The topological polar surface area (TPSA) is 80.5 Å². The lowest BCUT2D eigenvalue weighted by Gasteiger charge is -2.19. The van der Waals surface area contributed by atoms with Crippen molar-refractivity contribution in [3.8, 4) is 0 Å². The van der Waals surface area contributed by atoms with E-state index in [0.717, 1.165) is 5.56 Å². The molecule has 0 saturated heterocycles. The molecule has 0 aliphatic carbocycles. The predicted molar refractivity (Wildman–Crippen MR) is 89.8 cm³/mol. The fourth-order valence-electron chi connectivity index (χ4n) is 1.98. The Morgan fingerprint density at radius 1 is 1.42 bits per heavy atom. The zero-order valence-electron chi connectivity index (χ0n) is 13.4. The van der Waals surface area contributed by atoms with Crippen LogP contribution in [0.3, 0.4) is 0 Å². The molecule has 1 aromatic heterocycles. The minimum atomic E-state index is -0.255. The summed E-state index contributed by atoms with van der Waals surface area (Å²) in [6.45, 7) is 3.12. The Morgan fingerprint density at radius 3 is 2.88 bits per heavy atom. The van der Waals surface area contributed by atoms with Crippen molar-refractivity contribution in [2.45, 2.75) is 26.6 Å². The van der Waals surface area contributed by atoms with E-state index in [1.807, 2.05) is 6.92 Å². The first-order valence-electron chi connectivity index (χ1n) is 7.30. The second-order valence-corrected chi connectivity index (χ2v) is 5.79. The number of nitrogens with zero attached hydrogens (tertiary/aromatic N) is 3. The maximum absolute atomic E-state index is 12.3. The van der Waals surface area contributed by atoms with Crippen LogP contribution >= 0.6 is 23.2 Å². The van der Waals surface area contributed by atoms with Gasteiger partial charge in [-0.15, -0.1) is 0 Å². The van der Waals surface area contributed by atoms with Crippen LogP contribution in [0.15, 0.2) is 22.7 Å². The monoisotopic (exact) mass is 372 g/mol. The molecule has 130 valence electrons. The molecule has 0 atom stereocenters. The van der Waals surface area contributed by atoms with E-state index >= 15 is 0 Å². The Morgan fingerprint density at radius 2 is 2.21 bits per heavy atom. The van der Waals surface area contributed by atoms with E-state index in [-0.39, 0.29) is 19.2 Å². The summed E-state index contributed by atoms with van der Waals surface area (Å²) in [5.74, 6) is 0.792. The van der Waals surface area contributed by atoms with Crippen molar-refractivity contribution in [2.24, 2.45) is 0 Å². The third-order valence-electron chi connectivity index (χ3n) is 3.22. The summed E-state index contributed by atoms with van der Waals surface area (Å²) in [6.07, 6.45) is 0. The van der Waals surface area contributed by atoms with Gasteiger partial charge in [-0.05, 0) is 24.6 Å².